The highest BCUT2D eigenvalue weighted by molar-refractivity contribution is 4.63. The van der Waals surface area contributed by atoms with Crippen molar-refractivity contribution in [2.75, 3.05) is 6.61 Å². The van der Waals surface area contributed by atoms with Crippen LogP contribution < -0.4 is 0 Å². The zero-order valence-corrected chi connectivity index (χ0v) is 22.8. The van der Waals surface area contributed by atoms with E-state index in [0.29, 0.717) is 6.61 Å². The Balaban J connectivity index is 3.58. The van der Waals surface area contributed by atoms with Gasteiger partial charge in [-0.05, 0) is 42.4 Å². The van der Waals surface area contributed by atoms with Crippen LogP contribution in [0.25, 0.3) is 0 Å². The van der Waals surface area contributed by atoms with Crippen LogP contribution in [0.1, 0.15) is 157 Å². The van der Waals surface area contributed by atoms with Crippen LogP contribution in [0.5, 0.6) is 0 Å². The van der Waals surface area contributed by atoms with Gasteiger partial charge < -0.3 is 5.11 Å². The molecule has 0 aromatic carbocycles. The molecular weight excluding hydrogens is 376 g/mol. The van der Waals surface area contributed by atoms with Gasteiger partial charge in [0.2, 0.25) is 0 Å². The fourth-order valence-electron chi connectivity index (χ4n) is 5.16. The Kier molecular flexibility index (Phi) is 21.8. The summed E-state index contributed by atoms with van der Waals surface area (Å²) in [7, 11) is 0. The van der Waals surface area contributed by atoms with Crippen LogP contribution in [-0.2, 0) is 0 Å². The van der Waals surface area contributed by atoms with Crippen molar-refractivity contribution >= 4 is 0 Å². The van der Waals surface area contributed by atoms with Crippen molar-refractivity contribution < 1.29 is 5.11 Å². The minimum Gasteiger partial charge on any atom is -0.396 e. The maximum atomic E-state index is 8.93. The van der Waals surface area contributed by atoms with Gasteiger partial charge in [0.05, 0.1) is 0 Å². The number of hydrogen-bond acceptors (Lipinski definition) is 1. The first-order valence-corrected chi connectivity index (χ1v) is 14.5. The maximum absolute atomic E-state index is 8.93. The second-order valence-electron chi connectivity index (χ2n) is 11.6. The number of rotatable bonds is 23. The Labute approximate surface area is 198 Å². The molecule has 0 amide bonds. The molecule has 188 valence electrons. The third kappa shape index (κ3) is 21.6. The highest BCUT2D eigenvalue weighted by Crippen LogP contribution is 2.24. The molecule has 1 nitrogen and oxygen atoms in total. The lowest BCUT2D eigenvalue weighted by molar-refractivity contribution is 0.269. The summed E-state index contributed by atoms with van der Waals surface area (Å²) in [4.78, 5) is 0. The first kappa shape index (κ1) is 31.0. The summed E-state index contributed by atoms with van der Waals surface area (Å²) in [6, 6.07) is 0. The molecule has 0 aliphatic rings. The topological polar surface area (TPSA) is 20.2 Å². The molecule has 0 heterocycles. The Morgan fingerprint density at radius 3 is 0.903 bits per heavy atom. The van der Waals surface area contributed by atoms with Gasteiger partial charge in [0.15, 0.2) is 0 Å². The molecule has 5 atom stereocenters. The second-order valence-corrected chi connectivity index (χ2v) is 11.6. The summed E-state index contributed by atoms with van der Waals surface area (Å²) < 4.78 is 0. The van der Waals surface area contributed by atoms with Gasteiger partial charge in [0.25, 0.3) is 0 Å². The Morgan fingerprint density at radius 2 is 0.645 bits per heavy atom. The van der Waals surface area contributed by atoms with E-state index < -0.39 is 0 Å². The molecule has 31 heavy (non-hydrogen) atoms. The van der Waals surface area contributed by atoms with Crippen LogP contribution in [0.4, 0.5) is 0 Å². The van der Waals surface area contributed by atoms with Gasteiger partial charge in [0.1, 0.15) is 0 Å². The summed E-state index contributed by atoms with van der Waals surface area (Å²) in [5.74, 6) is 4.46. The highest BCUT2D eigenvalue weighted by atomic mass is 16.2. The van der Waals surface area contributed by atoms with Gasteiger partial charge in [0, 0.05) is 6.61 Å². The predicted octanol–water partition coefficient (Wildman–Crippen LogP) is 10.2. The lowest BCUT2D eigenvalue weighted by Gasteiger charge is -2.17. The van der Waals surface area contributed by atoms with E-state index in [-0.39, 0.29) is 0 Å². The van der Waals surface area contributed by atoms with Crippen LogP contribution in [0.2, 0.25) is 0 Å². The molecule has 0 rings (SSSR count). The van der Waals surface area contributed by atoms with Crippen LogP contribution in [0.15, 0.2) is 0 Å². The number of unbranched alkanes of at least 4 members (excludes halogenated alkanes) is 2. The molecule has 0 saturated carbocycles. The Morgan fingerprint density at radius 1 is 0.387 bits per heavy atom. The molecule has 1 N–H and O–H groups in total. The molecular formula is C30H62O. The Hall–Kier alpha value is -0.0400. The summed E-state index contributed by atoms with van der Waals surface area (Å²) in [6.45, 7) is 14.9. The third-order valence-corrected chi connectivity index (χ3v) is 7.73. The fraction of sp³-hybridized carbons (Fsp3) is 1.00. The van der Waals surface area contributed by atoms with Gasteiger partial charge in [-0.3, -0.25) is 0 Å². The summed E-state index contributed by atoms with van der Waals surface area (Å²) in [5.41, 5.74) is 0. The summed E-state index contributed by atoms with van der Waals surface area (Å²) >= 11 is 0. The summed E-state index contributed by atoms with van der Waals surface area (Å²) in [5, 5.41) is 8.93. The standard InChI is InChI=1S/C30H62O/c1-7-8-9-15-26(2)16-10-17-27(3)18-11-19-28(4)20-12-21-29(5)22-13-23-30(6)24-14-25-31/h26-31H,7-25H2,1-6H3. The minimum absolute atomic E-state index is 0.357. The van der Waals surface area contributed by atoms with Gasteiger partial charge in [-0.1, -0.05) is 144 Å². The van der Waals surface area contributed by atoms with Gasteiger partial charge >= 0.3 is 0 Å². The largest absolute Gasteiger partial charge is 0.396 e. The van der Waals surface area contributed by atoms with Crippen molar-refractivity contribution in [1.82, 2.24) is 0 Å². The first-order chi connectivity index (χ1) is 14.9. The molecule has 0 aromatic rings. The summed E-state index contributed by atoms with van der Waals surface area (Å²) in [6.07, 6.45) is 24.9. The van der Waals surface area contributed by atoms with Crippen molar-refractivity contribution in [2.24, 2.45) is 29.6 Å². The van der Waals surface area contributed by atoms with E-state index in [1.54, 1.807) is 0 Å². The average molecular weight is 439 g/mol. The van der Waals surface area contributed by atoms with Crippen molar-refractivity contribution in [3.8, 4) is 0 Å². The molecule has 0 radical (unpaired) electrons. The van der Waals surface area contributed by atoms with Gasteiger partial charge in [-0.15, -0.1) is 0 Å². The molecule has 0 bridgehead atoms. The minimum atomic E-state index is 0.357. The zero-order chi connectivity index (χ0) is 23.3. The lowest BCUT2D eigenvalue weighted by atomic mass is 9.89. The molecule has 0 aliphatic heterocycles. The normalized spacial score (nSPS) is 16.7. The van der Waals surface area contributed by atoms with Gasteiger partial charge in [-0.25, -0.2) is 0 Å². The highest BCUT2D eigenvalue weighted by Gasteiger charge is 2.09. The lowest BCUT2D eigenvalue weighted by Crippen LogP contribution is -2.02. The van der Waals surface area contributed by atoms with Crippen LogP contribution in [0, 0.1) is 29.6 Å². The molecule has 0 aromatic heterocycles. The molecule has 0 aliphatic carbocycles. The first-order valence-electron chi connectivity index (χ1n) is 14.5. The van der Waals surface area contributed by atoms with Crippen molar-refractivity contribution in [3.05, 3.63) is 0 Å². The molecule has 0 spiro atoms. The average Bonchev–Trinajstić information content (AvgIpc) is 2.72. The number of aliphatic hydroxyl groups excluding tert-OH is 1. The Bertz CT molecular complexity index is 352. The van der Waals surface area contributed by atoms with E-state index in [1.165, 1.54) is 109 Å². The molecule has 0 fully saturated rings. The van der Waals surface area contributed by atoms with E-state index in [2.05, 4.69) is 41.5 Å². The zero-order valence-electron chi connectivity index (χ0n) is 22.8. The third-order valence-electron chi connectivity index (χ3n) is 7.73. The van der Waals surface area contributed by atoms with E-state index in [4.69, 9.17) is 5.11 Å². The van der Waals surface area contributed by atoms with Crippen LogP contribution in [-0.4, -0.2) is 11.7 Å². The quantitative estimate of drug-likeness (QED) is 0.157. The van der Waals surface area contributed by atoms with E-state index in [0.717, 1.165) is 36.0 Å². The smallest absolute Gasteiger partial charge is 0.0431 e. The van der Waals surface area contributed by atoms with E-state index in [9.17, 15) is 0 Å². The number of hydrogen-bond donors (Lipinski definition) is 1. The van der Waals surface area contributed by atoms with Gasteiger partial charge in [-0.2, -0.15) is 0 Å². The monoisotopic (exact) mass is 438 g/mol. The second kappa shape index (κ2) is 21.8. The number of aliphatic hydroxyl groups is 1. The predicted molar refractivity (Wildman–Crippen MR) is 142 cm³/mol. The maximum Gasteiger partial charge on any atom is 0.0431 e. The van der Waals surface area contributed by atoms with Crippen molar-refractivity contribution in [1.29, 1.82) is 0 Å². The fourth-order valence-corrected chi connectivity index (χ4v) is 5.16. The molecule has 5 unspecified atom stereocenters. The van der Waals surface area contributed by atoms with E-state index >= 15 is 0 Å². The van der Waals surface area contributed by atoms with Crippen molar-refractivity contribution in [3.63, 3.8) is 0 Å². The van der Waals surface area contributed by atoms with Crippen LogP contribution >= 0.6 is 0 Å². The van der Waals surface area contributed by atoms with Crippen LogP contribution in [0.3, 0.4) is 0 Å². The van der Waals surface area contributed by atoms with E-state index in [1.807, 2.05) is 0 Å². The van der Waals surface area contributed by atoms with Crippen molar-refractivity contribution in [2.45, 2.75) is 157 Å². The SMILES string of the molecule is CCCCCC(C)CCCC(C)CCCC(C)CCCC(C)CCCC(C)CCCO. The molecule has 1 heteroatoms. The molecule has 0 saturated heterocycles.